The van der Waals surface area contributed by atoms with E-state index in [4.69, 9.17) is 10.5 Å². The fourth-order valence-corrected chi connectivity index (χ4v) is 3.87. The number of nitrogens with two attached hydrogens (primary N) is 1. The van der Waals surface area contributed by atoms with E-state index in [0.717, 1.165) is 25.9 Å². The van der Waals surface area contributed by atoms with Crippen LogP contribution in [0.4, 0.5) is 10.2 Å². The van der Waals surface area contributed by atoms with E-state index >= 15 is 0 Å². The van der Waals surface area contributed by atoms with Gasteiger partial charge in [0, 0.05) is 36.5 Å². The first-order valence-electron chi connectivity index (χ1n) is 11.5. The molecule has 3 heterocycles. The van der Waals surface area contributed by atoms with E-state index in [1.54, 1.807) is 62.2 Å². The molecule has 0 spiro atoms. The Hall–Kier alpha value is -4.48. The normalized spacial score (nSPS) is 15.7. The summed E-state index contributed by atoms with van der Waals surface area (Å²) in [5.41, 5.74) is 6.55. The first kappa shape index (κ1) is 24.6. The van der Waals surface area contributed by atoms with Gasteiger partial charge in [0.25, 0.3) is 0 Å². The van der Waals surface area contributed by atoms with Crippen LogP contribution in [-0.4, -0.2) is 62.2 Å². The third-order valence-corrected chi connectivity index (χ3v) is 5.62. The van der Waals surface area contributed by atoms with Crippen LogP contribution < -0.4 is 15.8 Å². The molecule has 11 nitrogen and oxygen atoms in total. The number of nitrogens with zero attached hydrogens (tertiary/aromatic N) is 7. The summed E-state index contributed by atoms with van der Waals surface area (Å²) in [6.45, 7) is 6.73. The molecule has 188 valence electrons. The van der Waals surface area contributed by atoms with Gasteiger partial charge in [-0.25, -0.2) is 24.0 Å². The van der Waals surface area contributed by atoms with Gasteiger partial charge < -0.3 is 20.7 Å². The Bertz CT molecular complexity index is 1220. The van der Waals surface area contributed by atoms with E-state index in [1.807, 2.05) is 4.68 Å². The number of likely N-dealkylation sites (tertiary alicyclic amines) is 1. The second-order valence-corrected chi connectivity index (χ2v) is 8.21. The first-order chi connectivity index (χ1) is 17.5. The maximum Gasteiger partial charge on any atom is 0.181 e. The summed E-state index contributed by atoms with van der Waals surface area (Å²) in [4.78, 5) is 14.9. The number of amidine groups is 1. The average Bonchev–Trinajstić information content (AvgIpc) is 3.59. The van der Waals surface area contributed by atoms with Crippen molar-refractivity contribution in [2.24, 2.45) is 15.7 Å². The highest BCUT2D eigenvalue weighted by molar-refractivity contribution is 5.94. The van der Waals surface area contributed by atoms with Crippen LogP contribution in [0, 0.1) is 5.82 Å². The van der Waals surface area contributed by atoms with Gasteiger partial charge >= 0.3 is 0 Å². The van der Waals surface area contributed by atoms with Crippen LogP contribution >= 0.6 is 0 Å². The number of piperidine rings is 1. The van der Waals surface area contributed by atoms with Gasteiger partial charge in [0.15, 0.2) is 18.3 Å². The Balaban J connectivity index is 1.52. The number of anilines is 1. The zero-order valence-electron chi connectivity index (χ0n) is 20.0. The Morgan fingerprint density at radius 3 is 2.86 bits per heavy atom. The number of benzene rings is 1. The summed E-state index contributed by atoms with van der Waals surface area (Å²) >= 11 is 0. The third-order valence-electron chi connectivity index (χ3n) is 5.62. The summed E-state index contributed by atoms with van der Waals surface area (Å²) in [6, 6.07) is 6.94. The van der Waals surface area contributed by atoms with E-state index in [2.05, 4.69) is 47.2 Å². The van der Waals surface area contributed by atoms with Crippen molar-refractivity contribution in [1.29, 1.82) is 0 Å². The van der Waals surface area contributed by atoms with Crippen molar-refractivity contribution in [3.05, 3.63) is 72.1 Å². The van der Waals surface area contributed by atoms with E-state index in [1.165, 1.54) is 0 Å². The minimum Gasteiger partial charge on any atom is -0.468 e. The molecule has 1 aliphatic rings. The van der Waals surface area contributed by atoms with Crippen molar-refractivity contribution in [2.75, 3.05) is 25.1 Å². The molecule has 1 aliphatic heterocycles. The maximum atomic E-state index is 14.8. The van der Waals surface area contributed by atoms with Crippen molar-refractivity contribution >= 4 is 24.4 Å². The summed E-state index contributed by atoms with van der Waals surface area (Å²) in [7, 11) is 0. The molecule has 0 unspecified atom stereocenters. The molecule has 36 heavy (non-hydrogen) atoms. The van der Waals surface area contributed by atoms with Crippen LogP contribution in [0.5, 0.6) is 5.75 Å². The topological polar surface area (TPSA) is 135 Å². The monoisotopic (exact) mass is 492 g/mol. The van der Waals surface area contributed by atoms with Crippen LogP contribution in [0.1, 0.15) is 31.4 Å². The number of H-pyrrole nitrogens is 1. The van der Waals surface area contributed by atoms with Crippen LogP contribution in [0.15, 0.2) is 70.7 Å². The Morgan fingerprint density at radius 2 is 2.19 bits per heavy atom. The van der Waals surface area contributed by atoms with Crippen LogP contribution in [0.3, 0.4) is 0 Å². The Labute approximate surface area is 208 Å². The number of nitrogens with one attached hydrogen (secondary N) is 2. The number of aliphatic imine (C=N–C) groups is 2. The van der Waals surface area contributed by atoms with Gasteiger partial charge in [0.1, 0.15) is 30.1 Å². The van der Waals surface area contributed by atoms with E-state index in [-0.39, 0.29) is 18.5 Å². The van der Waals surface area contributed by atoms with Crippen LogP contribution in [0.2, 0.25) is 0 Å². The lowest BCUT2D eigenvalue weighted by atomic mass is 10.1. The van der Waals surface area contributed by atoms with Crippen molar-refractivity contribution in [2.45, 2.75) is 25.8 Å². The molecule has 1 saturated heterocycles. The molecule has 2 aromatic heterocycles. The predicted octanol–water partition coefficient (Wildman–Crippen LogP) is 3.19. The lowest BCUT2D eigenvalue weighted by Gasteiger charge is -2.33. The van der Waals surface area contributed by atoms with Crippen molar-refractivity contribution in [3.63, 3.8) is 0 Å². The highest BCUT2D eigenvalue weighted by Gasteiger charge is 2.23. The number of halogens is 1. The molecule has 1 fully saturated rings. The Morgan fingerprint density at radius 1 is 1.36 bits per heavy atom. The van der Waals surface area contributed by atoms with Crippen molar-refractivity contribution < 1.29 is 9.13 Å². The zero-order valence-corrected chi connectivity index (χ0v) is 20.0. The van der Waals surface area contributed by atoms with Gasteiger partial charge in [-0.2, -0.15) is 10.2 Å². The maximum absolute atomic E-state index is 14.8. The largest absolute Gasteiger partial charge is 0.468 e. The molecular formula is C24H29FN10O. The van der Waals surface area contributed by atoms with E-state index < -0.39 is 5.82 Å². The number of hydrogen-bond donors (Lipinski definition) is 3. The van der Waals surface area contributed by atoms with Gasteiger partial charge in [-0.1, -0.05) is 12.1 Å². The summed E-state index contributed by atoms with van der Waals surface area (Å²) in [5, 5.41) is 14.1. The average molecular weight is 493 g/mol. The molecule has 0 saturated carbocycles. The number of aromatic nitrogens is 5. The fourth-order valence-electron chi connectivity index (χ4n) is 3.87. The molecule has 4 rings (SSSR count). The number of allylic oxidation sites excluding steroid dienone is 1. The molecule has 4 N–H and O–H groups in total. The van der Waals surface area contributed by atoms with Gasteiger partial charge in [0.05, 0.1) is 12.2 Å². The van der Waals surface area contributed by atoms with E-state index in [9.17, 15) is 4.39 Å². The number of rotatable bonds is 9. The molecule has 3 aromatic rings. The highest BCUT2D eigenvalue weighted by atomic mass is 19.1. The van der Waals surface area contributed by atoms with Gasteiger partial charge in [-0.05, 0) is 38.6 Å². The fraction of sp³-hybridized carbons (Fsp3) is 0.292. The number of hydrogen-bond acceptors (Lipinski definition) is 8. The highest BCUT2D eigenvalue weighted by Crippen LogP contribution is 2.24. The summed E-state index contributed by atoms with van der Waals surface area (Å²) in [6.07, 6.45) is 9.97. The smallest absolute Gasteiger partial charge is 0.181 e. The van der Waals surface area contributed by atoms with Gasteiger partial charge in [-0.3, -0.25) is 5.10 Å². The number of aromatic amines is 1. The quantitative estimate of drug-likeness (QED) is 0.308. The lowest BCUT2D eigenvalue weighted by Crippen LogP contribution is -2.39. The first-order valence-corrected chi connectivity index (χ1v) is 11.5. The molecule has 0 bridgehead atoms. The molecule has 0 aliphatic carbocycles. The van der Waals surface area contributed by atoms with E-state index in [0.29, 0.717) is 28.7 Å². The summed E-state index contributed by atoms with van der Waals surface area (Å²) < 4.78 is 22.4. The minimum absolute atomic E-state index is 0.0883. The molecule has 0 amide bonds. The molecular weight excluding hydrogens is 463 g/mol. The van der Waals surface area contributed by atoms with Crippen molar-refractivity contribution in [1.82, 2.24) is 29.9 Å². The zero-order chi connectivity index (χ0) is 25.3. The van der Waals surface area contributed by atoms with Gasteiger partial charge in [-0.15, -0.1) is 0 Å². The Kier molecular flexibility index (Phi) is 8.06. The van der Waals surface area contributed by atoms with Crippen LogP contribution in [-0.2, 0) is 0 Å². The van der Waals surface area contributed by atoms with Crippen molar-refractivity contribution in [3.8, 4) is 5.75 Å². The molecule has 0 atom stereocenters. The van der Waals surface area contributed by atoms with Crippen LogP contribution in [0.25, 0.3) is 6.08 Å². The number of ether oxygens (including phenoxy) is 1. The van der Waals surface area contributed by atoms with Gasteiger partial charge in [0.2, 0.25) is 0 Å². The predicted molar refractivity (Wildman–Crippen MR) is 137 cm³/mol. The summed E-state index contributed by atoms with van der Waals surface area (Å²) in [5.74, 6) is 1.39. The molecule has 0 radical (unpaired) electrons. The standard InChI is InChI=1S/C24H29FN10O/c1-17(26)12-18-4-3-5-20(24(18)25)36-16-29-23(13-22(27-2)32-21-6-9-30-33-21)34-10-7-19(8-11-34)35-15-28-14-31-35/h3-6,9,12-15,19H,2,7-8,10-11,16,26H2,1H3,(H2,30,32,33)/b17-12-,22-13+,29-23+. The second kappa shape index (κ2) is 11.8. The lowest BCUT2D eigenvalue weighted by molar-refractivity contribution is 0.250. The molecule has 12 heteroatoms. The second-order valence-electron chi connectivity index (χ2n) is 8.21. The third kappa shape index (κ3) is 6.34. The molecule has 1 aromatic carbocycles. The minimum atomic E-state index is -0.488. The SMILES string of the molecule is C=N/C(=C\C(=N/COc1cccc(/C=C(/C)N)c1F)N1CCC(n2cncn2)CC1)Nc1ccn[nH]1.